The average molecular weight is 566 g/mol. The summed E-state index contributed by atoms with van der Waals surface area (Å²) in [5, 5.41) is 21.4. The van der Waals surface area contributed by atoms with E-state index < -0.39 is 47.2 Å². The van der Waals surface area contributed by atoms with E-state index in [2.05, 4.69) is 25.0 Å². The lowest BCUT2D eigenvalue weighted by molar-refractivity contribution is -0.182. The first-order chi connectivity index (χ1) is 17.7. The Morgan fingerprint density at radius 1 is 1.32 bits per heavy atom. The summed E-state index contributed by atoms with van der Waals surface area (Å²) >= 11 is 3.50. The minimum absolute atomic E-state index is 0.0509. The molecule has 3 atom stereocenters. The summed E-state index contributed by atoms with van der Waals surface area (Å²) in [7, 11) is 0. The van der Waals surface area contributed by atoms with Gasteiger partial charge in [-0.15, -0.1) is 28.2 Å². The van der Waals surface area contributed by atoms with Crippen LogP contribution in [0.3, 0.4) is 0 Å². The summed E-state index contributed by atoms with van der Waals surface area (Å²) in [4.78, 5) is 55.3. The molecule has 2 aromatic heterocycles. The molecule has 2 aliphatic rings. The first-order valence-electron chi connectivity index (χ1n) is 10.4. The number of aromatic nitrogens is 3. The van der Waals surface area contributed by atoms with Crippen LogP contribution in [0.2, 0.25) is 0 Å². The molecule has 14 nitrogen and oxygen atoms in total. The number of β-lactam (4-membered cyclic amide) rings is 1. The van der Waals surface area contributed by atoms with E-state index in [1.807, 2.05) is 0 Å². The molecule has 0 aliphatic carbocycles. The molecule has 0 spiro atoms. The third kappa shape index (κ3) is 5.62. The Morgan fingerprint density at radius 3 is 2.73 bits per heavy atom. The molecule has 4 N–H and O–H groups in total. The fourth-order valence-electron chi connectivity index (χ4n) is 3.47. The molecule has 2 amide bonds. The number of amides is 2. The molecule has 1 fully saturated rings. The number of thiazole rings is 1. The van der Waals surface area contributed by atoms with E-state index in [0.717, 1.165) is 22.9 Å². The van der Waals surface area contributed by atoms with E-state index in [1.54, 1.807) is 17.5 Å². The van der Waals surface area contributed by atoms with E-state index in [4.69, 9.17) is 15.2 Å². The number of ether oxygens (including phenoxy) is 2. The monoisotopic (exact) mass is 565 g/mol. The van der Waals surface area contributed by atoms with Gasteiger partial charge in [-0.05, 0) is 23.2 Å². The second-order valence-electron chi connectivity index (χ2n) is 7.50. The minimum atomic E-state index is -1.20. The fourth-order valence-corrected chi connectivity index (χ4v) is 5.76. The van der Waals surface area contributed by atoms with Gasteiger partial charge in [0, 0.05) is 30.4 Å². The lowest BCUT2D eigenvalue weighted by Gasteiger charge is -2.49. The number of hydrogen-bond acceptors (Lipinski definition) is 15. The van der Waals surface area contributed by atoms with Crippen LogP contribution in [0.4, 0.5) is 5.13 Å². The molecule has 0 saturated carbocycles. The third-order valence-electron chi connectivity index (χ3n) is 4.99. The Bertz CT molecular complexity index is 1320. The van der Waals surface area contributed by atoms with Crippen LogP contribution >= 0.6 is 34.6 Å². The maximum Gasteiger partial charge on any atom is 0.358 e. The van der Waals surface area contributed by atoms with Crippen molar-refractivity contribution in [1.82, 2.24) is 24.8 Å². The number of thioether (sulfide) groups is 1. The number of carbonyl (C=O) groups is 4. The molecule has 4 rings (SSSR count). The molecule has 2 unspecified atom stereocenters. The number of nitrogens with two attached hydrogens (primary N) is 1. The van der Waals surface area contributed by atoms with Crippen LogP contribution in [0.15, 0.2) is 33.3 Å². The Balaban J connectivity index is 1.56. The predicted octanol–water partition coefficient (Wildman–Crippen LogP) is 0.575. The zero-order valence-electron chi connectivity index (χ0n) is 19.2. The summed E-state index contributed by atoms with van der Waals surface area (Å²) < 4.78 is 13.9. The molecule has 37 heavy (non-hydrogen) atoms. The number of fused-ring (bicyclic) bond motifs is 1. The quantitative estimate of drug-likeness (QED) is 0.101. The van der Waals surface area contributed by atoms with Gasteiger partial charge in [-0.1, -0.05) is 15.7 Å². The van der Waals surface area contributed by atoms with Gasteiger partial charge < -0.3 is 25.7 Å². The zero-order valence-corrected chi connectivity index (χ0v) is 21.6. The standard InChI is InChI=1S/C20H19N7O7S3/c1-8(28)33-9(2)34-19(31)15-10(3-4-11-6-37-26-24-11)5-35-18-14(17(30)27(15)18)23-16(29)13(25-32)12-7-36-20(21)22-12/h3-4,6-7,9,14,18,32H,5H2,1-2H3,(H2,21,22)(H,23,29)/b4-3-,25-13-/t9?,14?,18-/m0/s1. The van der Waals surface area contributed by atoms with Crippen LogP contribution in [0.1, 0.15) is 25.2 Å². The normalized spacial score (nSPS) is 20.3. The van der Waals surface area contributed by atoms with Crippen molar-refractivity contribution < 1.29 is 33.9 Å². The Morgan fingerprint density at radius 2 is 2.11 bits per heavy atom. The highest BCUT2D eigenvalue weighted by molar-refractivity contribution is 8.00. The largest absolute Gasteiger partial charge is 0.426 e. The van der Waals surface area contributed by atoms with Crippen molar-refractivity contribution in [2.75, 3.05) is 11.5 Å². The molecule has 1 saturated heterocycles. The maximum atomic E-state index is 13.1. The van der Waals surface area contributed by atoms with Crippen molar-refractivity contribution in [3.8, 4) is 0 Å². The summed E-state index contributed by atoms with van der Waals surface area (Å²) in [5.41, 5.74) is 6.18. The first-order valence-corrected chi connectivity index (χ1v) is 13.2. The summed E-state index contributed by atoms with van der Waals surface area (Å²) in [6.07, 6.45) is 2.06. The maximum absolute atomic E-state index is 13.1. The number of allylic oxidation sites excluding steroid dienone is 1. The van der Waals surface area contributed by atoms with Crippen LogP contribution in [-0.2, 0) is 28.7 Å². The highest BCUT2D eigenvalue weighted by atomic mass is 32.2. The molecule has 194 valence electrons. The van der Waals surface area contributed by atoms with Gasteiger partial charge in [-0.3, -0.25) is 19.3 Å². The second-order valence-corrected chi connectivity index (χ2v) is 10.1. The van der Waals surface area contributed by atoms with Gasteiger partial charge in [0.25, 0.3) is 11.8 Å². The van der Waals surface area contributed by atoms with Crippen LogP contribution in [-0.4, -0.2) is 77.6 Å². The van der Waals surface area contributed by atoms with Crippen LogP contribution < -0.4 is 11.1 Å². The molecular formula is C20H19N7O7S3. The van der Waals surface area contributed by atoms with Gasteiger partial charge in [-0.2, -0.15) is 0 Å². The number of rotatable bonds is 8. The lowest BCUT2D eigenvalue weighted by Crippen LogP contribution is -2.71. The number of nitrogen functional groups attached to an aromatic ring is 1. The van der Waals surface area contributed by atoms with Crippen LogP contribution in [0.25, 0.3) is 6.08 Å². The molecule has 2 aliphatic heterocycles. The Labute approximate surface area is 221 Å². The molecule has 0 bridgehead atoms. The predicted molar refractivity (Wildman–Crippen MR) is 133 cm³/mol. The number of nitrogens with zero attached hydrogens (tertiary/aromatic N) is 5. The molecule has 0 aromatic carbocycles. The highest BCUT2D eigenvalue weighted by Gasteiger charge is 2.54. The number of nitrogens with one attached hydrogen (secondary N) is 1. The van der Waals surface area contributed by atoms with Gasteiger partial charge in [0.2, 0.25) is 6.29 Å². The molecule has 0 radical (unpaired) electrons. The van der Waals surface area contributed by atoms with Crippen molar-refractivity contribution in [3.63, 3.8) is 0 Å². The zero-order chi connectivity index (χ0) is 26.7. The summed E-state index contributed by atoms with van der Waals surface area (Å²) in [5.74, 6) is -2.68. The van der Waals surface area contributed by atoms with Gasteiger partial charge in [0.15, 0.2) is 10.8 Å². The topological polar surface area (TPSA) is 199 Å². The van der Waals surface area contributed by atoms with Crippen LogP contribution in [0, 0.1) is 0 Å². The van der Waals surface area contributed by atoms with Crippen LogP contribution in [0.5, 0.6) is 0 Å². The van der Waals surface area contributed by atoms with E-state index in [1.165, 1.54) is 35.9 Å². The lowest BCUT2D eigenvalue weighted by atomic mass is 10.0. The molecule has 17 heteroatoms. The Kier molecular flexibility index (Phi) is 7.84. The van der Waals surface area contributed by atoms with Crippen molar-refractivity contribution in [2.24, 2.45) is 5.16 Å². The van der Waals surface area contributed by atoms with Crippen molar-refractivity contribution in [1.29, 1.82) is 0 Å². The smallest absolute Gasteiger partial charge is 0.358 e. The fraction of sp³-hybridized carbons (Fsp3) is 0.300. The van der Waals surface area contributed by atoms with E-state index >= 15 is 0 Å². The minimum Gasteiger partial charge on any atom is -0.426 e. The van der Waals surface area contributed by atoms with Gasteiger partial charge in [0.05, 0.1) is 5.69 Å². The molecule has 4 heterocycles. The number of esters is 2. The van der Waals surface area contributed by atoms with E-state index in [-0.39, 0.29) is 22.3 Å². The van der Waals surface area contributed by atoms with E-state index in [0.29, 0.717) is 11.3 Å². The van der Waals surface area contributed by atoms with Crippen molar-refractivity contribution in [2.45, 2.75) is 31.6 Å². The summed E-state index contributed by atoms with van der Waals surface area (Å²) in [6.45, 7) is 2.54. The highest BCUT2D eigenvalue weighted by Crippen LogP contribution is 2.41. The number of oxime groups is 1. The number of hydrogen-bond donors (Lipinski definition) is 3. The molecular weight excluding hydrogens is 546 g/mol. The number of carbonyl (C=O) groups excluding carboxylic acids is 4. The van der Waals surface area contributed by atoms with E-state index in [9.17, 15) is 24.4 Å². The van der Waals surface area contributed by atoms with Crippen molar-refractivity contribution in [3.05, 3.63) is 39.5 Å². The average Bonchev–Trinajstić information content (AvgIpc) is 3.52. The first kappa shape index (κ1) is 26.2. The summed E-state index contributed by atoms with van der Waals surface area (Å²) in [6, 6.07) is -1.02. The third-order valence-corrected chi connectivity index (χ3v) is 7.49. The Hall–Kier alpha value is -3.83. The molecule has 2 aromatic rings. The van der Waals surface area contributed by atoms with Gasteiger partial charge >= 0.3 is 11.9 Å². The van der Waals surface area contributed by atoms with Gasteiger partial charge in [0.1, 0.15) is 22.8 Å². The second kappa shape index (κ2) is 11.1. The number of anilines is 1. The van der Waals surface area contributed by atoms with Gasteiger partial charge in [-0.25, -0.2) is 9.78 Å². The van der Waals surface area contributed by atoms with Crippen molar-refractivity contribution >= 4 is 75.3 Å². The SMILES string of the molecule is CC(=O)OC(C)OC(=O)C1=C(/C=C\c2csnn2)CS[C@H]2C(NC(=O)/C(=N\O)c3csc(N)n3)C(=O)N12.